The van der Waals surface area contributed by atoms with E-state index in [0.29, 0.717) is 36.0 Å². The lowest BCUT2D eigenvalue weighted by atomic mass is 10.1. The van der Waals surface area contributed by atoms with Crippen LogP contribution in [0.4, 0.5) is 0 Å². The van der Waals surface area contributed by atoms with Gasteiger partial charge in [0.1, 0.15) is 0 Å². The molecule has 1 aromatic carbocycles. The molecule has 1 aromatic heterocycles. The second-order valence-corrected chi connectivity index (χ2v) is 3.71. The summed E-state index contributed by atoms with van der Waals surface area (Å²) in [5, 5.41) is 3.35. The zero-order chi connectivity index (χ0) is 13.0. The molecule has 1 heterocycles. The van der Waals surface area contributed by atoms with E-state index in [4.69, 9.17) is 9.95 Å². The van der Waals surface area contributed by atoms with Crippen molar-refractivity contribution in [1.82, 2.24) is 4.98 Å². The highest BCUT2D eigenvalue weighted by atomic mass is 16.4. The Labute approximate surface area is 101 Å². The van der Waals surface area contributed by atoms with Crippen LogP contribution in [0.3, 0.4) is 0 Å². The van der Waals surface area contributed by atoms with E-state index in [2.05, 4.69) is 15.0 Å². The molecule has 0 radical (unpaired) electrons. The Morgan fingerprint density at radius 1 is 1.50 bits per heavy atom. The number of fused-ring (bicyclic) bond motifs is 1. The van der Waals surface area contributed by atoms with Gasteiger partial charge in [-0.3, -0.25) is 9.78 Å². The molecule has 7 nitrogen and oxygen atoms in total. The lowest BCUT2D eigenvalue weighted by molar-refractivity contribution is 0.0981. The third-order valence-corrected chi connectivity index (χ3v) is 2.47. The zero-order valence-corrected chi connectivity index (χ0v) is 9.42. The van der Waals surface area contributed by atoms with E-state index in [1.165, 1.54) is 6.07 Å². The number of oxazole rings is 1. The van der Waals surface area contributed by atoms with E-state index in [-0.39, 0.29) is 5.78 Å². The first-order valence-electron chi connectivity index (χ1n) is 5.37. The molecule has 0 bridgehead atoms. The van der Waals surface area contributed by atoms with Gasteiger partial charge in [0.2, 0.25) is 0 Å². The van der Waals surface area contributed by atoms with Crippen molar-refractivity contribution in [3.05, 3.63) is 44.8 Å². The number of hydrogen-bond donors (Lipinski definition) is 1. The number of carbonyl (C=O) groups excluding carboxylic acids is 1. The molecule has 2 rings (SSSR count). The minimum atomic E-state index is -0.544. The Bertz CT molecular complexity index is 679. The van der Waals surface area contributed by atoms with Crippen LogP contribution >= 0.6 is 0 Å². The fourth-order valence-corrected chi connectivity index (χ4v) is 1.62. The van der Waals surface area contributed by atoms with Crippen LogP contribution in [-0.2, 0) is 0 Å². The summed E-state index contributed by atoms with van der Waals surface area (Å²) in [6.07, 6.45) is 0.789. The Morgan fingerprint density at radius 3 is 3.11 bits per heavy atom. The van der Waals surface area contributed by atoms with Gasteiger partial charge in [-0.25, -0.2) is 4.79 Å². The summed E-state index contributed by atoms with van der Waals surface area (Å²) in [4.78, 5) is 27.9. The Hall–Kier alpha value is -2.53. The van der Waals surface area contributed by atoms with E-state index in [0.717, 1.165) is 0 Å². The van der Waals surface area contributed by atoms with E-state index in [9.17, 15) is 9.59 Å². The summed E-state index contributed by atoms with van der Waals surface area (Å²) in [5.41, 5.74) is 9.50. The van der Waals surface area contributed by atoms with E-state index < -0.39 is 5.76 Å². The van der Waals surface area contributed by atoms with Crippen LogP contribution in [0.1, 0.15) is 23.2 Å². The topological polar surface area (TPSA) is 112 Å². The molecule has 0 unspecified atom stereocenters. The maximum atomic E-state index is 11.8. The molecule has 0 amide bonds. The molecular formula is C11H10N4O3. The molecule has 0 aliphatic rings. The van der Waals surface area contributed by atoms with Crippen LogP contribution in [0.2, 0.25) is 0 Å². The van der Waals surface area contributed by atoms with Crippen molar-refractivity contribution in [3.8, 4) is 0 Å². The van der Waals surface area contributed by atoms with E-state index >= 15 is 0 Å². The van der Waals surface area contributed by atoms with Gasteiger partial charge in [-0.05, 0) is 30.2 Å². The number of nitrogens with one attached hydrogen (secondary N) is 1. The van der Waals surface area contributed by atoms with E-state index in [1.807, 2.05) is 0 Å². The van der Waals surface area contributed by atoms with Crippen molar-refractivity contribution >= 4 is 16.9 Å². The quantitative estimate of drug-likeness (QED) is 0.287. The van der Waals surface area contributed by atoms with Crippen molar-refractivity contribution < 1.29 is 9.21 Å². The van der Waals surface area contributed by atoms with Crippen LogP contribution < -0.4 is 5.76 Å². The number of aromatic amines is 1. The number of azide groups is 1. The number of rotatable bonds is 5. The summed E-state index contributed by atoms with van der Waals surface area (Å²) in [5.74, 6) is -0.619. The average Bonchev–Trinajstić information content (AvgIpc) is 2.73. The maximum absolute atomic E-state index is 11.8. The van der Waals surface area contributed by atoms with Crippen LogP contribution in [0.5, 0.6) is 0 Å². The standard InChI is InChI=1S/C11H10N4O3/c12-15-13-5-1-2-9(16)7-3-4-8-10(6-7)18-11(17)14-8/h3-4,6H,1-2,5H2,(H,14,17). The highest BCUT2D eigenvalue weighted by Crippen LogP contribution is 2.14. The fourth-order valence-electron chi connectivity index (χ4n) is 1.62. The Balaban J connectivity index is 2.12. The second kappa shape index (κ2) is 5.20. The number of ketones is 1. The van der Waals surface area contributed by atoms with Crippen molar-refractivity contribution in [2.45, 2.75) is 12.8 Å². The predicted molar refractivity (Wildman–Crippen MR) is 64.4 cm³/mol. The van der Waals surface area contributed by atoms with Gasteiger partial charge in [0, 0.05) is 23.4 Å². The number of aromatic nitrogens is 1. The summed E-state index contributed by atoms with van der Waals surface area (Å²) in [6, 6.07) is 4.79. The largest absolute Gasteiger partial charge is 0.417 e. The van der Waals surface area contributed by atoms with Gasteiger partial charge >= 0.3 is 5.76 Å². The zero-order valence-electron chi connectivity index (χ0n) is 9.42. The third-order valence-electron chi connectivity index (χ3n) is 2.47. The number of nitrogens with zero attached hydrogens (tertiary/aromatic N) is 3. The maximum Gasteiger partial charge on any atom is 0.417 e. The molecule has 0 spiro atoms. The van der Waals surface area contributed by atoms with Gasteiger partial charge in [0.05, 0.1) is 5.52 Å². The second-order valence-electron chi connectivity index (χ2n) is 3.71. The van der Waals surface area contributed by atoms with Crippen molar-refractivity contribution in [2.24, 2.45) is 5.11 Å². The van der Waals surface area contributed by atoms with Crippen LogP contribution in [0.15, 0.2) is 32.5 Å². The van der Waals surface area contributed by atoms with Crippen molar-refractivity contribution in [3.63, 3.8) is 0 Å². The first-order valence-corrected chi connectivity index (χ1v) is 5.37. The van der Waals surface area contributed by atoms with Crippen LogP contribution in [0.25, 0.3) is 21.5 Å². The molecule has 18 heavy (non-hydrogen) atoms. The highest BCUT2D eigenvalue weighted by Gasteiger charge is 2.08. The van der Waals surface area contributed by atoms with E-state index in [1.54, 1.807) is 12.1 Å². The Morgan fingerprint density at radius 2 is 2.33 bits per heavy atom. The predicted octanol–water partition coefficient (Wildman–Crippen LogP) is 2.39. The number of H-pyrrole nitrogens is 1. The van der Waals surface area contributed by atoms with Gasteiger partial charge in [0.25, 0.3) is 0 Å². The van der Waals surface area contributed by atoms with Crippen molar-refractivity contribution in [1.29, 1.82) is 0 Å². The monoisotopic (exact) mass is 246 g/mol. The van der Waals surface area contributed by atoms with Gasteiger partial charge in [-0.15, -0.1) is 0 Å². The summed E-state index contributed by atoms with van der Waals surface area (Å²) in [7, 11) is 0. The van der Waals surface area contributed by atoms with Crippen molar-refractivity contribution in [2.75, 3.05) is 6.54 Å². The summed E-state index contributed by atoms with van der Waals surface area (Å²) < 4.78 is 4.87. The SMILES string of the molecule is [N-]=[N+]=NCCCC(=O)c1ccc2[nH]c(=O)oc2c1. The van der Waals surface area contributed by atoms with Crippen LogP contribution in [0, 0.1) is 0 Å². The van der Waals surface area contributed by atoms with Gasteiger partial charge in [0.15, 0.2) is 11.4 Å². The molecule has 1 N–H and O–H groups in total. The lowest BCUT2D eigenvalue weighted by Crippen LogP contribution is -1.99. The number of hydrogen-bond acceptors (Lipinski definition) is 4. The molecule has 0 saturated heterocycles. The minimum absolute atomic E-state index is 0.0751. The molecule has 92 valence electrons. The molecule has 0 fully saturated rings. The van der Waals surface area contributed by atoms with Crippen LogP contribution in [-0.4, -0.2) is 17.3 Å². The molecular weight excluding hydrogens is 236 g/mol. The third kappa shape index (κ3) is 2.58. The molecule has 0 aliphatic carbocycles. The number of Topliss-reactive ketones (excluding diaryl/α,β-unsaturated/α-hetero) is 1. The molecule has 2 aromatic rings. The lowest BCUT2D eigenvalue weighted by Gasteiger charge is -1.99. The number of carbonyl (C=O) groups is 1. The first-order chi connectivity index (χ1) is 8.70. The van der Waals surface area contributed by atoms with Gasteiger partial charge < -0.3 is 4.42 Å². The number of benzene rings is 1. The molecule has 0 saturated carbocycles. The summed E-state index contributed by atoms with van der Waals surface area (Å²) in [6.45, 7) is 0.295. The molecule has 0 atom stereocenters. The molecule has 0 aliphatic heterocycles. The highest BCUT2D eigenvalue weighted by molar-refractivity contribution is 5.98. The fraction of sp³-hybridized carbons (Fsp3) is 0.273. The smallest absolute Gasteiger partial charge is 0.408 e. The first kappa shape index (κ1) is 11.9. The summed E-state index contributed by atoms with van der Waals surface area (Å²) >= 11 is 0. The molecule has 7 heteroatoms. The van der Waals surface area contributed by atoms with Gasteiger partial charge in [-0.1, -0.05) is 5.11 Å². The van der Waals surface area contributed by atoms with Gasteiger partial charge in [-0.2, -0.15) is 0 Å². The normalized spacial score (nSPS) is 10.2. The Kier molecular flexibility index (Phi) is 3.45. The average molecular weight is 246 g/mol. The minimum Gasteiger partial charge on any atom is -0.408 e.